The van der Waals surface area contributed by atoms with E-state index < -0.39 is 0 Å². The Hall–Kier alpha value is -1.03. The fourth-order valence-electron chi connectivity index (χ4n) is 4.56. The van der Waals surface area contributed by atoms with Gasteiger partial charge in [0.05, 0.1) is 22.8 Å². The molecule has 124 valence electrons. The summed E-state index contributed by atoms with van der Waals surface area (Å²) in [6, 6.07) is 6.31. The van der Waals surface area contributed by atoms with Crippen molar-refractivity contribution >= 4 is 22.5 Å². The monoisotopic (exact) mass is 332 g/mol. The number of fused-ring (bicyclic) bond motifs is 3. The van der Waals surface area contributed by atoms with Crippen molar-refractivity contribution in [1.82, 2.24) is 9.47 Å². The lowest BCUT2D eigenvalue weighted by Crippen LogP contribution is -2.41. The predicted octanol–water partition coefficient (Wildman–Crippen LogP) is 4.20. The van der Waals surface area contributed by atoms with Gasteiger partial charge in [-0.3, -0.25) is 0 Å². The molecule has 3 heterocycles. The van der Waals surface area contributed by atoms with Crippen LogP contribution in [0.1, 0.15) is 36.9 Å². The molecule has 0 N–H and O–H groups in total. The molecule has 1 atom stereocenters. The van der Waals surface area contributed by atoms with Gasteiger partial charge in [-0.1, -0.05) is 17.7 Å². The van der Waals surface area contributed by atoms with Crippen molar-refractivity contribution in [2.45, 2.75) is 44.2 Å². The van der Waals surface area contributed by atoms with Crippen molar-refractivity contribution in [2.24, 2.45) is 0 Å². The molecule has 4 rings (SSSR count). The first-order valence-corrected chi connectivity index (χ1v) is 9.09. The summed E-state index contributed by atoms with van der Waals surface area (Å²) in [5.74, 6) is 0. The highest BCUT2D eigenvalue weighted by molar-refractivity contribution is 6.35. The Bertz CT molecular complexity index is 733. The number of benzene rings is 1. The molecule has 0 bridgehead atoms. The van der Waals surface area contributed by atoms with Gasteiger partial charge in [0.2, 0.25) is 0 Å². The quantitative estimate of drug-likeness (QED) is 0.835. The summed E-state index contributed by atoms with van der Waals surface area (Å²) in [6.07, 6.45) is 5.58. The van der Waals surface area contributed by atoms with Crippen LogP contribution in [0.2, 0.25) is 5.02 Å². The van der Waals surface area contributed by atoms with Gasteiger partial charge >= 0.3 is 0 Å². The van der Waals surface area contributed by atoms with Gasteiger partial charge < -0.3 is 14.2 Å². The maximum Gasteiger partial charge on any atom is 0.108 e. The van der Waals surface area contributed by atoms with E-state index in [2.05, 4.69) is 35.7 Å². The molecule has 2 aliphatic heterocycles. The fourth-order valence-corrected chi connectivity index (χ4v) is 4.84. The van der Waals surface area contributed by atoms with E-state index >= 15 is 0 Å². The highest BCUT2D eigenvalue weighted by Gasteiger charge is 2.43. The van der Waals surface area contributed by atoms with Crippen molar-refractivity contribution in [3.05, 3.63) is 34.5 Å². The Morgan fingerprint density at radius 3 is 3.04 bits per heavy atom. The molecule has 0 amide bonds. The predicted molar refractivity (Wildman–Crippen MR) is 95.3 cm³/mol. The number of nitrogens with zero attached hydrogens (tertiary/aromatic N) is 2. The van der Waals surface area contributed by atoms with Crippen molar-refractivity contribution in [3.63, 3.8) is 0 Å². The summed E-state index contributed by atoms with van der Waals surface area (Å²) < 4.78 is 8.94. The van der Waals surface area contributed by atoms with Gasteiger partial charge in [0.1, 0.15) is 5.60 Å². The zero-order chi connectivity index (χ0) is 16.0. The van der Waals surface area contributed by atoms with Crippen LogP contribution in [0.15, 0.2) is 18.2 Å². The summed E-state index contributed by atoms with van der Waals surface area (Å²) in [5.41, 5.74) is 4.08. The van der Waals surface area contributed by atoms with Crippen LogP contribution in [0.3, 0.4) is 0 Å². The van der Waals surface area contributed by atoms with Gasteiger partial charge in [0.25, 0.3) is 0 Å². The van der Waals surface area contributed by atoms with E-state index in [-0.39, 0.29) is 5.60 Å². The van der Waals surface area contributed by atoms with Crippen LogP contribution in [-0.2, 0) is 23.3 Å². The summed E-state index contributed by atoms with van der Waals surface area (Å²) in [7, 11) is 4.28. The van der Waals surface area contributed by atoms with E-state index in [4.69, 9.17) is 16.3 Å². The lowest BCUT2D eigenvalue weighted by atomic mass is 9.81. The smallest absolute Gasteiger partial charge is 0.108 e. The largest absolute Gasteiger partial charge is 0.368 e. The number of ether oxygens (including phenoxy) is 1. The first-order valence-electron chi connectivity index (χ1n) is 8.71. The minimum absolute atomic E-state index is 0.0931. The second kappa shape index (κ2) is 5.80. The second-order valence-electron chi connectivity index (χ2n) is 7.22. The Balaban J connectivity index is 1.84. The van der Waals surface area contributed by atoms with Crippen LogP contribution in [0.4, 0.5) is 0 Å². The first-order chi connectivity index (χ1) is 11.1. The molecule has 0 saturated heterocycles. The molecule has 0 spiro atoms. The Kier molecular flexibility index (Phi) is 3.91. The molecular formula is C19H25ClN2O. The van der Waals surface area contributed by atoms with Gasteiger partial charge in [-0.15, -0.1) is 0 Å². The third kappa shape index (κ3) is 2.41. The van der Waals surface area contributed by atoms with E-state index in [0.29, 0.717) is 0 Å². The molecule has 0 radical (unpaired) electrons. The molecule has 1 unspecified atom stereocenters. The Morgan fingerprint density at radius 1 is 1.35 bits per heavy atom. The highest BCUT2D eigenvalue weighted by atomic mass is 35.5. The lowest BCUT2D eigenvalue weighted by molar-refractivity contribution is -0.0882. The number of hydrogen-bond donors (Lipinski definition) is 0. The lowest BCUT2D eigenvalue weighted by Gasteiger charge is -2.42. The van der Waals surface area contributed by atoms with Gasteiger partial charge in [0.15, 0.2) is 0 Å². The zero-order valence-electron chi connectivity index (χ0n) is 14.1. The number of halogens is 1. The average Bonchev–Trinajstić information content (AvgIpc) is 2.85. The average molecular weight is 333 g/mol. The van der Waals surface area contributed by atoms with Crippen LogP contribution < -0.4 is 0 Å². The Labute approximate surface area is 143 Å². The first kappa shape index (κ1) is 15.5. The molecule has 0 saturated carbocycles. The maximum atomic E-state index is 6.56. The third-order valence-corrected chi connectivity index (χ3v) is 5.77. The summed E-state index contributed by atoms with van der Waals surface area (Å²) >= 11 is 6.56. The van der Waals surface area contributed by atoms with E-state index in [1.54, 1.807) is 0 Å². The highest BCUT2D eigenvalue weighted by Crippen LogP contribution is 2.48. The minimum atomic E-state index is -0.0931. The van der Waals surface area contributed by atoms with Gasteiger partial charge in [-0.2, -0.15) is 0 Å². The molecule has 4 heteroatoms. The van der Waals surface area contributed by atoms with Crippen molar-refractivity contribution in [1.29, 1.82) is 0 Å². The molecule has 3 nitrogen and oxygen atoms in total. The number of hydrogen-bond acceptors (Lipinski definition) is 2. The third-order valence-electron chi connectivity index (χ3n) is 5.45. The number of aryl methyl sites for hydroxylation is 1. The van der Waals surface area contributed by atoms with Crippen LogP contribution >= 0.6 is 11.6 Å². The van der Waals surface area contributed by atoms with Gasteiger partial charge in [0, 0.05) is 11.9 Å². The van der Waals surface area contributed by atoms with E-state index in [1.807, 2.05) is 6.07 Å². The normalized spacial score (nSPS) is 23.5. The van der Waals surface area contributed by atoms with E-state index in [9.17, 15) is 0 Å². The fraction of sp³-hybridized carbons (Fsp3) is 0.579. The van der Waals surface area contributed by atoms with Gasteiger partial charge in [-0.05, 0) is 70.4 Å². The SMILES string of the molecule is CN(C)CCCC12CCCn3c1c(c1c(Cl)cccc13)CCO2. The minimum Gasteiger partial charge on any atom is -0.368 e. The molecule has 0 fully saturated rings. The molecule has 1 aromatic carbocycles. The molecule has 2 aliphatic rings. The standard InChI is InChI=1S/C19H25ClN2O/c1-21(2)11-4-9-19-10-5-12-22-16-7-3-6-15(20)17(16)14(18(19)22)8-13-23-19/h3,6-7H,4-5,8-13H2,1-2H3. The molecule has 2 aromatic rings. The summed E-state index contributed by atoms with van der Waals surface area (Å²) in [5, 5.41) is 2.16. The van der Waals surface area contributed by atoms with Crippen LogP contribution in [0.25, 0.3) is 10.9 Å². The summed E-state index contributed by atoms with van der Waals surface area (Å²) in [6.45, 7) is 3.02. The van der Waals surface area contributed by atoms with Gasteiger partial charge in [-0.25, -0.2) is 0 Å². The zero-order valence-corrected chi connectivity index (χ0v) is 14.8. The van der Waals surface area contributed by atoms with E-state index in [0.717, 1.165) is 44.0 Å². The molecule has 1 aromatic heterocycles. The topological polar surface area (TPSA) is 17.4 Å². The molecule has 23 heavy (non-hydrogen) atoms. The van der Waals surface area contributed by atoms with Crippen molar-refractivity contribution in [2.75, 3.05) is 27.2 Å². The maximum absolute atomic E-state index is 6.56. The summed E-state index contributed by atoms with van der Waals surface area (Å²) in [4.78, 5) is 2.26. The van der Waals surface area contributed by atoms with Crippen LogP contribution in [-0.4, -0.2) is 36.7 Å². The second-order valence-corrected chi connectivity index (χ2v) is 7.62. The van der Waals surface area contributed by atoms with Crippen molar-refractivity contribution < 1.29 is 4.74 Å². The molecule has 0 aliphatic carbocycles. The van der Waals surface area contributed by atoms with Crippen molar-refractivity contribution in [3.8, 4) is 0 Å². The number of aromatic nitrogens is 1. The van der Waals surface area contributed by atoms with Crippen LogP contribution in [0.5, 0.6) is 0 Å². The molecular weight excluding hydrogens is 308 g/mol. The van der Waals surface area contributed by atoms with Crippen LogP contribution in [0, 0.1) is 0 Å². The number of rotatable bonds is 4. The Morgan fingerprint density at radius 2 is 2.22 bits per heavy atom. The van der Waals surface area contributed by atoms with E-state index in [1.165, 1.54) is 35.0 Å².